The highest BCUT2D eigenvalue weighted by Gasteiger charge is 2.30. The molecule has 2 aromatic rings. The van der Waals surface area contributed by atoms with Gasteiger partial charge in [-0.3, -0.25) is 14.8 Å². The lowest BCUT2D eigenvalue weighted by Gasteiger charge is -2.11. The van der Waals surface area contributed by atoms with Gasteiger partial charge in [-0.25, -0.2) is 13.2 Å². The highest BCUT2D eigenvalue weighted by atomic mass is 32.2. The third kappa shape index (κ3) is 3.23. The van der Waals surface area contributed by atoms with Gasteiger partial charge in [-0.1, -0.05) is 24.3 Å². The summed E-state index contributed by atoms with van der Waals surface area (Å²) >= 11 is 0. The number of hydrogen-bond acceptors (Lipinski definition) is 4. The number of amides is 3. The predicted octanol–water partition coefficient (Wildman–Crippen LogP) is 1.68. The molecule has 1 fully saturated rings. The minimum atomic E-state index is -3.69. The zero-order valence-electron chi connectivity index (χ0n) is 12.7. The van der Waals surface area contributed by atoms with E-state index in [9.17, 15) is 18.0 Å². The van der Waals surface area contributed by atoms with E-state index < -0.39 is 28.0 Å². The van der Waals surface area contributed by atoms with Crippen LogP contribution in [0.2, 0.25) is 0 Å². The molecule has 124 valence electrons. The quantitative estimate of drug-likeness (QED) is 0.733. The minimum Gasteiger partial charge on any atom is -0.322 e. The molecule has 1 heterocycles. The molecule has 24 heavy (non-hydrogen) atoms. The van der Waals surface area contributed by atoms with Gasteiger partial charge in [0.2, 0.25) is 0 Å². The minimum absolute atomic E-state index is 0.175. The van der Waals surface area contributed by atoms with E-state index in [1.54, 1.807) is 36.4 Å². The Hall–Kier alpha value is -2.87. The van der Waals surface area contributed by atoms with Crippen molar-refractivity contribution in [3.8, 4) is 0 Å². The highest BCUT2D eigenvalue weighted by molar-refractivity contribution is 7.92. The molecule has 1 atom stereocenters. The number of hydrogen-bond donors (Lipinski definition) is 3. The van der Waals surface area contributed by atoms with Gasteiger partial charge in [-0.15, -0.1) is 0 Å². The van der Waals surface area contributed by atoms with Crippen molar-refractivity contribution < 1.29 is 18.0 Å². The van der Waals surface area contributed by atoms with Crippen molar-refractivity contribution in [2.45, 2.75) is 17.9 Å². The van der Waals surface area contributed by atoms with Crippen molar-refractivity contribution in [1.82, 2.24) is 10.6 Å². The number of carbonyl (C=O) groups excluding carboxylic acids is 2. The Morgan fingerprint density at radius 2 is 1.75 bits per heavy atom. The van der Waals surface area contributed by atoms with Crippen molar-refractivity contribution in [1.29, 1.82) is 0 Å². The maximum Gasteiger partial charge on any atom is 0.322 e. The van der Waals surface area contributed by atoms with Crippen molar-refractivity contribution in [3.63, 3.8) is 0 Å². The van der Waals surface area contributed by atoms with Crippen LogP contribution in [0, 0.1) is 6.92 Å². The molecule has 0 aliphatic carbocycles. The van der Waals surface area contributed by atoms with Crippen molar-refractivity contribution in [3.05, 3.63) is 59.7 Å². The topological polar surface area (TPSA) is 104 Å². The number of aryl methyl sites for hydroxylation is 1. The van der Waals surface area contributed by atoms with Crippen LogP contribution >= 0.6 is 0 Å². The lowest BCUT2D eigenvalue weighted by atomic mass is 10.1. The van der Waals surface area contributed by atoms with Gasteiger partial charge in [0.25, 0.3) is 15.9 Å². The van der Waals surface area contributed by atoms with E-state index in [0.717, 1.165) is 5.56 Å². The van der Waals surface area contributed by atoms with Crippen molar-refractivity contribution >= 4 is 27.6 Å². The molecular weight excluding hydrogens is 330 g/mol. The maximum absolute atomic E-state index is 12.4. The maximum atomic E-state index is 12.4. The summed E-state index contributed by atoms with van der Waals surface area (Å²) in [5, 5.41) is 4.63. The second-order valence-electron chi connectivity index (χ2n) is 5.44. The molecule has 0 saturated carbocycles. The number of imide groups is 1. The lowest BCUT2D eigenvalue weighted by molar-refractivity contribution is -0.120. The van der Waals surface area contributed by atoms with Crippen molar-refractivity contribution in [2.75, 3.05) is 4.72 Å². The molecule has 1 aliphatic heterocycles. The van der Waals surface area contributed by atoms with Crippen LogP contribution in [0.1, 0.15) is 17.2 Å². The number of benzene rings is 2. The first-order chi connectivity index (χ1) is 11.3. The van der Waals surface area contributed by atoms with Crippen LogP contribution in [0.15, 0.2) is 53.4 Å². The average molecular weight is 345 g/mol. The smallest absolute Gasteiger partial charge is 0.322 e. The largest absolute Gasteiger partial charge is 0.322 e. The van der Waals surface area contributed by atoms with E-state index in [1.807, 2.05) is 13.0 Å². The van der Waals surface area contributed by atoms with Crippen LogP contribution in [-0.2, 0) is 14.8 Å². The number of urea groups is 1. The first-order valence-electron chi connectivity index (χ1n) is 7.16. The molecule has 7 nitrogen and oxygen atoms in total. The molecule has 8 heteroatoms. The van der Waals surface area contributed by atoms with Gasteiger partial charge in [0.15, 0.2) is 0 Å². The Labute approximate surface area is 139 Å². The number of nitrogens with one attached hydrogen (secondary N) is 3. The molecule has 0 bridgehead atoms. The van der Waals surface area contributed by atoms with E-state index in [-0.39, 0.29) is 4.90 Å². The average Bonchev–Trinajstić information content (AvgIpc) is 2.86. The second kappa shape index (κ2) is 5.97. The first kappa shape index (κ1) is 16.0. The normalized spacial score (nSPS) is 17.3. The SMILES string of the molecule is Cc1cccc(S(=O)(=O)Nc2ccc(C3NC(=O)NC3=O)cc2)c1. The van der Waals surface area contributed by atoms with E-state index >= 15 is 0 Å². The fourth-order valence-electron chi connectivity index (χ4n) is 2.39. The summed E-state index contributed by atoms with van der Waals surface area (Å²) in [5.41, 5.74) is 1.78. The molecular formula is C16H15N3O4S. The van der Waals surface area contributed by atoms with Gasteiger partial charge >= 0.3 is 6.03 Å². The number of anilines is 1. The third-order valence-electron chi connectivity index (χ3n) is 3.57. The van der Waals surface area contributed by atoms with Crippen LogP contribution in [0.5, 0.6) is 0 Å². The van der Waals surface area contributed by atoms with Gasteiger partial charge in [-0.05, 0) is 42.3 Å². The molecule has 3 N–H and O–H groups in total. The molecule has 0 radical (unpaired) electrons. The zero-order chi connectivity index (χ0) is 17.3. The monoisotopic (exact) mass is 345 g/mol. The van der Waals surface area contributed by atoms with Crippen LogP contribution in [-0.4, -0.2) is 20.4 Å². The zero-order valence-corrected chi connectivity index (χ0v) is 13.6. The first-order valence-corrected chi connectivity index (χ1v) is 8.64. The highest BCUT2D eigenvalue weighted by Crippen LogP contribution is 2.21. The fraction of sp³-hybridized carbons (Fsp3) is 0.125. The van der Waals surface area contributed by atoms with E-state index in [4.69, 9.17) is 0 Å². The lowest BCUT2D eigenvalue weighted by Crippen LogP contribution is -2.22. The van der Waals surface area contributed by atoms with Crippen LogP contribution in [0.25, 0.3) is 0 Å². The Morgan fingerprint density at radius 1 is 1.04 bits per heavy atom. The Bertz CT molecular complexity index is 907. The number of carbonyl (C=O) groups is 2. The summed E-state index contributed by atoms with van der Waals surface area (Å²) < 4.78 is 27.2. The summed E-state index contributed by atoms with van der Waals surface area (Å²) in [6.45, 7) is 1.81. The van der Waals surface area contributed by atoms with Gasteiger partial charge in [0.05, 0.1) is 4.90 Å². The second-order valence-corrected chi connectivity index (χ2v) is 7.12. The molecule has 1 aliphatic rings. The summed E-state index contributed by atoms with van der Waals surface area (Å²) in [7, 11) is -3.69. The van der Waals surface area contributed by atoms with Crippen LogP contribution in [0.3, 0.4) is 0 Å². The fourth-order valence-corrected chi connectivity index (χ4v) is 3.55. The molecule has 3 rings (SSSR count). The Balaban J connectivity index is 1.79. The molecule has 0 aromatic heterocycles. The van der Waals surface area contributed by atoms with E-state index in [1.165, 1.54) is 6.07 Å². The molecule has 1 saturated heterocycles. The van der Waals surface area contributed by atoms with Crippen molar-refractivity contribution in [2.24, 2.45) is 0 Å². The summed E-state index contributed by atoms with van der Waals surface area (Å²) in [4.78, 5) is 22.9. The molecule has 0 spiro atoms. The summed E-state index contributed by atoms with van der Waals surface area (Å²) in [6.07, 6.45) is 0. The summed E-state index contributed by atoms with van der Waals surface area (Å²) in [5.74, 6) is -0.437. The molecule has 2 aromatic carbocycles. The number of sulfonamides is 1. The van der Waals surface area contributed by atoms with E-state index in [0.29, 0.717) is 11.3 Å². The third-order valence-corrected chi connectivity index (χ3v) is 4.95. The number of rotatable bonds is 4. The van der Waals surface area contributed by atoms with Gasteiger partial charge in [0.1, 0.15) is 6.04 Å². The Morgan fingerprint density at radius 3 is 2.33 bits per heavy atom. The van der Waals surface area contributed by atoms with Gasteiger partial charge in [-0.2, -0.15) is 0 Å². The summed E-state index contributed by atoms with van der Waals surface area (Å²) in [6, 6.07) is 11.5. The standard InChI is InChI=1S/C16H15N3O4S/c1-10-3-2-4-13(9-10)24(22,23)19-12-7-5-11(6-8-12)14-15(20)18-16(21)17-14/h2-9,14,19H,1H3,(H2,17,18,20,21). The molecule has 1 unspecified atom stereocenters. The van der Waals surface area contributed by atoms with Gasteiger partial charge in [0, 0.05) is 5.69 Å². The molecule has 3 amide bonds. The van der Waals surface area contributed by atoms with Gasteiger partial charge < -0.3 is 5.32 Å². The van der Waals surface area contributed by atoms with Crippen LogP contribution in [0.4, 0.5) is 10.5 Å². The predicted molar refractivity (Wildman–Crippen MR) is 87.8 cm³/mol. The van der Waals surface area contributed by atoms with E-state index in [2.05, 4.69) is 15.4 Å². The Kier molecular flexibility index (Phi) is 3.98. The van der Waals surface area contributed by atoms with Crippen LogP contribution < -0.4 is 15.4 Å².